The van der Waals surface area contributed by atoms with Gasteiger partial charge in [0, 0.05) is 45.0 Å². The summed E-state index contributed by atoms with van der Waals surface area (Å²) in [5, 5.41) is 8.22. The molecule has 1 aromatic rings. The van der Waals surface area contributed by atoms with Gasteiger partial charge >= 0.3 is 5.97 Å². The molecule has 29 heavy (non-hydrogen) atoms. The van der Waals surface area contributed by atoms with Gasteiger partial charge in [0.05, 0.1) is 13.0 Å². The van der Waals surface area contributed by atoms with Gasteiger partial charge in [-0.3, -0.25) is 14.4 Å². The fourth-order valence-electron chi connectivity index (χ4n) is 2.10. The van der Waals surface area contributed by atoms with E-state index in [9.17, 15) is 14.4 Å². The third-order valence-electron chi connectivity index (χ3n) is 3.58. The van der Waals surface area contributed by atoms with E-state index in [-0.39, 0.29) is 30.5 Å². The molecular formula is C19H27N3O6S. The molecule has 0 radical (unpaired) electrons. The lowest BCUT2D eigenvalue weighted by Gasteiger charge is -2.10. The summed E-state index contributed by atoms with van der Waals surface area (Å²) in [5.41, 5.74) is 1.13. The summed E-state index contributed by atoms with van der Waals surface area (Å²) >= 11 is 5.08. The number of hydrogen-bond donors (Lipinski definition) is 3. The molecule has 2 amide bonds. The van der Waals surface area contributed by atoms with Gasteiger partial charge in [-0.05, 0) is 42.9 Å². The zero-order valence-electron chi connectivity index (χ0n) is 16.6. The Balaban J connectivity index is 2.33. The standard InChI is InChI=1S/C19H27N3O6S/c1-26-11-3-10-20-18(25)14-4-6-15(7-5-14)21-19(29)22-16(23)8-9-17(24)28-13-12-27-2/h4-7H,3,8-13H2,1-2H3,(H,20,25)(H2,21,22,23,29). The molecule has 0 heterocycles. The molecule has 0 saturated heterocycles. The molecule has 0 bridgehead atoms. The number of benzene rings is 1. The van der Waals surface area contributed by atoms with Crippen molar-refractivity contribution in [2.75, 3.05) is 45.9 Å². The zero-order chi connectivity index (χ0) is 21.5. The molecule has 1 rings (SSSR count). The Morgan fingerprint density at radius 1 is 0.966 bits per heavy atom. The number of esters is 1. The first-order valence-corrected chi connectivity index (χ1v) is 9.49. The largest absolute Gasteiger partial charge is 0.463 e. The maximum absolute atomic E-state index is 12.0. The summed E-state index contributed by atoms with van der Waals surface area (Å²) in [6.07, 6.45) is 0.642. The van der Waals surface area contributed by atoms with Crippen LogP contribution in [0.1, 0.15) is 29.6 Å². The van der Waals surface area contributed by atoms with Crippen molar-refractivity contribution in [3.8, 4) is 0 Å². The average molecular weight is 426 g/mol. The number of thiocarbonyl (C=S) groups is 1. The molecule has 0 unspecified atom stereocenters. The van der Waals surface area contributed by atoms with Gasteiger partial charge in [-0.15, -0.1) is 0 Å². The van der Waals surface area contributed by atoms with Crippen molar-refractivity contribution in [1.82, 2.24) is 10.6 Å². The smallest absolute Gasteiger partial charge is 0.306 e. The van der Waals surface area contributed by atoms with Crippen molar-refractivity contribution in [3.63, 3.8) is 0 Å². The molecular weight excluding hydrogens is 398 g/mol. The highest BCUT2D eigenvalue weighted by atomic mass is 32.1. The van der Waals surface area contributed by atoms with E-state index in [1.807, 2.05) is 0 Å². The van der Waals surface area contributed by atoms with Crippen molar-refractivity contribution in [1.29, 1.82) is 0 Å². The lowest BCUT2D eigenvalue weighted by Crippen LogP contribution is -2.34. The Morgan fingerprint density at radius 3 is 2.31 bits per heavy atom. The van der Waals surface area contributed by atoms with Crippen LogP contribution in [0.25, 0.3) is 0 Å². The van der Waals surface area contributed by atoms with Crippen LogP contribution >= 0.6 is 12.2 Å². The van der Waals surface area contributed by atoms with Gasteiger partial charge < -0.3 is 30.2 Å². The minimum Gasteiger partial charge on any atom is -0.463 e. The van der Waals surface area contributed by atoms with Gasteiger partial charge in [0.15, 0.2) is 5.11 Å². The second-order valence-corrected chi connectivity index (χ2v) is 6.30. The number of anilines is 1. The first-order chi connectivity index (χ1) is 14.0. The molecule has 0 aliphatic heterocycles. The number of carbonyl (C=O) groups is 3. The van der Waals surface area contributed by atoms with Gasteiger partial charge in [-0.25, -0.2) is 0 Å². The Bertz CT molecular complexity index is 681. The zero-order valence-corrected chi connectivity index (χ0v) is 17.4. The molecule has 0 aliphatic carbocycles. The van der Waals surface area contributed by atoms with E-state index in [4.69, 9.17) is 26.4 Å². The van der Waals surface area contributed by atoms with Crippen LogP contribution in [0, 0.1) is 0 Å². The predicted octanol–water partition coefficient (Wildman–Crippen LogP) is 1.24. The van der Waals surface area contributed by atoms with Crippen LogP contribution < -0.4 is 16.0 Å². The normalized spacial score (nSPS) is 10.1. The third kappa shape index (κ3) is 11.1. The molecule has 10 heteroatoms. The summed E-state index contributed by atoms with van der Waals surface area (Å²) in [6.45, 7) is 1.57. The molecule has 0 saturated carbocycles. The van der Waals surface area contributed by atoms with E-state index in [0.29, 0.717) is 31.0 Å². The number of amides is 2. The summed E-state index contributed by atoms with van der Waals surface area (Å²) in [7, 11) is 3.11. The SMILES string of the molecule is COCCCNC(=O)c1ccc(NC(=S)NC(=O)CCC(=O)OCCOC)cc1. The first-order valence-electron chi connectivity index (χ1n) is 9.09. The van der Waals surface area contributed by atoms with Crippen molar-refractivity contribution in [2.24, 2.45) is 0 Å². The van der Waals surface area contributed by atoms with Gasteiger partial charge in [0.1, 0.15) is 6.61 Å². The van der Waals surface area contributed by atoms with Crippen molar-refractivity contribution < 1.29 is 28.6 Å². The molecule has 160 valence electrons. The number of hydrogen-bond acceptors (Lipinski definition) is 7. The maximum Gasteiger partial charge on any atom is 0.306 e. The maximum atomic E-state index is 12.0. The fraction of sp³-hybridized carbons (Fsp3) is 0.474. The summed E-state index contributed by atoms with van der Waals surface area (Å²) in [5.74, 6) is -1.06. The van der Waals surface area contributed by atoms with Crippen LogP contribution in [-0.4, -0.2) is 63.5 Å². The summed E-state index contributed by atoms with van der Waals surface area (Å²) in [6, 6.07) is 6.65. The van der Waals surface area contributed by atoms with Gasteiger partial charge in [-0.1, -0.05) is 0 Å². The van der Waals surface area contributed by atoms with Gasteiger partial charge in [0.25, 0.3) is 5.91 Å². The Hall–Kier alpha value is -2.56. The average Bonchev–Trinajstić information content (AvgIpc) is 2.70. The number of ether oxygens (including phenoxy) is 3. The van der Waals surface area contributed by atoms with Crippen molar-refractivity contribution in [3.05, 3.63) is 29.8 Å². The highest BCUT2D eigenvalue weighted by Crippen LogP contribution is 2.09. The second kappa shape index (κ2) is 14.4. The van der Waals surface area contributed by atoms with Gasteiger partial charge in [-0.2, -0.15) is 0 Å². The number of methoxy groups -OCH3 is 2. The quantitative estimate of drug-likeness (QED) is 0.260. The van der Waals surface area contributed by atoms with E-state index in [2.05, 4.69) is 16.0 Å². The molecule has 3 N–H and O–H groups in total. The van der Waals surface area contributed by atoms with E-state index < -0.39 is 11.9 Å². The van der Waals surface area contributed by atoms with Crippen LogP contribution in [0.3, 0.4) is 0 Å². The first kappa shape index (κ1) is 24.5. The highest BCUT2D eigenvalue weighted by Gasteiger charge is 2.10. The lowest BCUT2D eigenvalue weighted by atomic mass is 10.2. The summed E-state index contributed by atoms with van der Waals surface area (Å²) in [4.78, 5) is 35.3. The van der Waals surface area contributed by atoms with Crippen molar-refractivity contribution in [2.45, 2.75) is 19.3 Å². The molecule has 0 fully saturated rings. The second-order valence-electron chi connectivity index (χ2n) is 5.90. The Morgan fingerprint density at radius 2 is 1.66 bits per heavy atom. The highest BCUT2D eigenvalue weighted by molar-refractivity contribution is 7.80. The number of rotatable bonds is 12. The minimum atomic E-state index is -0.479. The molecule has 0 aromatic heterocycles. The molecule has 0 spiro atoms. The third-order valence-corrected chi connectivity index (χ3v) is 3.78. The van der Waals surface area contributed by atoms with Crippen LogP contribution in [0.5, 0.6) is 0 Å². The Kier molecular flexibility index (Phi) is 12.2. The molecule has 0 atom stereocenters. The summed E-state index contributed by atoms with van der Waals surface area (Å²) < 4.78 is 14.6. The fourth-order valence-corrected chi connectivity index (χ4v) is 2.34. The predicted molar refractivity (Wildman–Crippen MR) is 112 cm³/mol. The number of carbonyl (C=O) groups excluding carboxylic acids is 3. The van der Waals surface area contributed by atoms with Crippen LogP contribution in [-0.2, 0) is 23.8 Å². The van der Waals surface area contributed by atoms with E-state index in [0.717, 1.165) is 6.42 Å². The van der Waals surface area contributed by atoms with E-state index >= 15 is 0 Å². The van der Waals surface area contributed by atoms with Crippen molar-refractivity contribution >= 4 is 40.8 Å². The Labute approximate surface area is 175 Å². The van der Waals surface area contributed by atoms with Crippen LogP contribution in [0.4, 0.5) is 5.69 Å². The minimum absolute atomic E-state index is 0.0458. The van der Waals surface area contributed by atoms with Gasteiger partial charge in [0.2, 0.25) is 5.91 Å². The van der Waals surface area contributed by atoms with E-state index in [1.165, 1.54) is 7.11 Å². The molecule has 1 aromatic carbocycles. The van der Waals surface area contributed by atoms with Crippen LogP contribution in [0.15, 0.2) is 24.3 Å². The van der Waals surface area contributed by atoms with Crippen LogP contribution in [0.2, 0.25) is 0 Å². The van der Waals surface area contributed by atoms with E-state index in [1.54, 1.807) is 31.4 Å². The monoisotopic (exact) mass is 425 g/mol. The lowest BCUT2D eigenvalue weighted by molar-refractivity contribution is -0.146. The molecule has 9 nitrogen and oxygen atoms in total. The number of nitrogens with one attached hydrogen (secondary N) is 3. The molecule has 0 aliphatic rings. The topological polar surface area (TPSA) is 115 Å².